The van der Waals surface area contributed by atoms with Gasteiger partial charge in [0, 0.05) is 11.1 Å². The van der Waals surface area contributed by atoms with E-state index < -0.39 is 0 Å². The van der Waals surface area contributed by atoms with E-state index in [0.29, 0.717) is 10.7 Å². The van der Waals surface area contributed by atoms with Gasteiger partial charge in [-0.15, -0.1) is 0 Å². The third-order valence-corrected chi connectivity index (χ3v) is 4.36. The molecule has 0 bridgehead atoms. The van der Waals surface area contributed by atoms with Gasteiger partial charge in [0.1, 0.15) is 5.15 Å². The molecule has 0 amide bonds. The van der Waals surface area contributed by atoms with E-state index in [-0.39, 0.29) is 0 Å². The van der Waals surface area contributed by atoms with Gasteiger partial charge in [-0.3, -0.25) is 9.36 Å². The third-order valence-electron chi connectivity index (χ3n) is 3.99. The molecular formula is C19H18ClNO. The monoisotopic (exact) mass is 311 g/mol. The quantitative estimate of drug-likeness (QED) is 0.575. The van der Waals surface area contributed by atoms with Crippen molar-refractivity contribution in [1.82, 2.24) is 4.57 Å². The molecule has 2 nitrogen and oxygen atoms in total. The first kappa shape index (κ1) is 14.9. The zero-order valence-corrected chi connectivity index (χ0v) is 13.3. The molecule has 0 fully saturated rings. The zero-order valence-electron chi connectivity index (χ0n) is 12.6. The van der Waals surface area contributed by atoms with Crippen molar-refractivity contribution in [3.05, 3.63) is 64.8 Å². The summed E-state index contributed by atoms with van der Waals surface area (Å²) < 4.78 is 1.93. The Balaban J connectivity index is 2.10. The van der Waals surface area contributed by atoms with Crippen molar-refractivity contribution in [2.24, 2.45) is 0 Å². The number of nitrogens with zero attached hydrogens (tertiary/aromatic N) is 1. The average molecular weight is 312 g/mol. The molecule has 112 valence electrons. The van der Waals surface area contributed by atoms with Crippen LogP contribution in [-0.4, -0.2) is 10.9 Å². The minimum atomic E-state index is 0.470. The molecule has 1 heterocycles. The topological polar surface area (TPSA) is 22.0 Å². The molecule has 0 unspecified atom stereocenters. The summed E-state index contributed by atoms with van der Waals surface area (Å²) in [5.41, 5.74) is 3.81. The summed E-state index contributed by atoms with van der Waals surface area (Å²) in [5, 5.41) is 1.36. The fourth-order valence-electron chi connectivity index (χ4n) is 2.79. The summed E-state index contributed by atoms with van der Waals surface area (Å²) in [5.74, 6) is 0. The highest BCUT2D eigenvalue weighted by Gasteiger charge is 2.15. The number of hydrogen-bond donors (Lipinski definition) is 0. The van der Waals surface area contributed by atoms with Crippen LogP contribution in [0.1, 0.15) is 35.7 Å². The van der Waals surface area contributed by atoms with E-state index in [1.165, 1.54) is 18.4 Å². The third kappa shape index (κ3) is 2.55. The first-order chi connectivity index (χ1) is 10.8. The molecule has 0 radical (unpaired) electrons. The number of unbranched alkanes of at least 4 members (excludes halogenated alkanes) is 1. The van der Waals surface area contributed by atoms with Crippen LogP contribution in [0.25, 0.3) is 16.6 Å². The molecule has 3 aromatic rings. The van der Waals surface area contributed by atoms with Crippen molar-refractivity contribution in [3.63, 3.8) is 0 Å². The summed E-state index contributed by atoms with van der Waals surface area (Å²) in [6.45, 7) is 2.20. The largest absolute Gasteiger partial charge is 0.300 e. The second-order valence-corrected chi connectivity index (χ2v) is 5.80. The number of carbonyl (C=O) groups is 1. The SMILES string of the molecule is CCCCc1ccc(-n2c(Cl)c(C=O)c3ccccc32)cc1. The fraction of sp³-hybridized carbons (Fsp3) is 0.211. The Bertz CT molecular complexity index is 802. The second kappa shape index (κ2) is 6.37. The fourth-order valence-corrected chi connectivity index (χ4v) is 3.13. The maximum atomic E-state index is 11.4. The van der Waals surface area contributed by atoms with Crippen molar-refractivity contribution < 1.29 is 4.79 Å². The number of carbonyl (C=O) groups excluding carboxylic acids is 1. The number of benzene rings is 2. The maximum Gasteiger partial charge on any atom is 0.153 e. The Morgan fingerprint density at radius 3 is 2.50 bits per heavy atom. The predicted molar refractivity (Wildman–Crippen MR) is 92.3 cm³/mol. The van der Waals surface area contributed by atoms with Gasteiger partial charge in [-0.2, -0.15) is 0 Å². The van der Waals surface area contributed by atoms with Gasteiger partial charge >= 0.3 is 0 Å². The molecule has 0 aliphatic carbocycles. The first-order valence-corrected chi connectivity index (χ1v) is 7.97. The summed E-state index contributed by atoms with van der Waals surface area (Å²) in [7, 11) is 0. The molecule has 0 spiro atoms. The lowest BCUT2D eigenvalue weighted by Crippen LogP contribution is -1.95. The summed E-state index contributed by atoms with van der Waals surface area (Å²) in [4.78, 5) is 11.4. The average Bonchev–Trinajstić information content (AvgIpc) is 2.85. The van der Waals surface area contributed by atoms with E-state index in [1.54, 1.807) is 0 Å². The van der Waals surface area contributed by atoms with Crippen LogP contribution >= 0.6 is 11.6 Å². The molecular weight excluding hydrogens is 294 g/mol. The summed E-state index contributed by atoms with van der Waals surface area (Å²) in [6.07, 6.45) is 4.31. The van der Waals surface area contributed by atoms with E-state index >= 15 is 0 Å². The van der Waals surface area contributed by atoms with E-state index in [4.69, 9.17) is 11.6 Å². The number of rotatable bonds is 5. The Kier molecular flexibility index (Phi) is 4.30. The molecule has 2 aromatic carbocycles. The molecule has 3 rings (SSSR count). The Morgan fingerprint density at radius 2 is 1.82 bits per heavy atom. The van der Waals surface area contributed by atoms with Crippen LogP contribution in [0.5, 0.6) is 0 Å². The molecule has 0 saturated heterocycles. The van der Waals surface area contributed by atoms with Gasteiger partial charge in [-0.1, -0.05) is 55.3 Å². The van der Waals surface area contributed by atoms with Gasteiger partial charge < -0.3 is 0 Å². The van der Waals surface area contributed by atoms with Crippen molar-refractivity contribution >= 4 is 28.8 Å². The normalized spacial score (nSPS) is 11.0. The lowest BCUT2D eigenvalue weighted by atomic mass is 10.1. The smallest absolute Gasteiger partial charge is 0.153 e. The van der Waals surface area contributed by atoms with Crippen LogP contribution in [0.15, 0.2) is 48.5 Å². The summed E-state index contributed by atoms with van der Waals surface area (Å²) in [6, 6.07) is 16.2. The maximum absolute atomic E-state index is 11.4. The van der Waals surface area contributed by atoms with Crippen LogP contribution in [0.3, 0.4) is 0 Å². The minimum Gasteiger partial charge on any atom is -0.300 e. The van der Waals surface area contributed by atoms with Gasteiger partial charge in [0.2, 0.25) is 0 Å². The number of aromatic nitrogens is 1. The van der Waals surface area contributed by atoms with Gasteiger partial charge in [0.15, 0.2) is 6.29 Å². The lowest BCUT2D eigenvalue weighted by molar-refractivity contribution is 0.112. The number of fused-ring (bicyclic) bond motifs is 1. The number of para-hydroxylation sites is 1. The molecule has 0 aliphatic heterocycles. The highest BCUT2D eigenvalue weighted by atomic mass is 35.5. The van der Waals surface area contributed by atoms with Crippen molar-refractivity contribution in [2.75, 3.05) is 0 Å². The van der Waals surface area contributed by atoms with E-state index in [1.807, 2.05) is 28.8 Å². The van der Waals surface area contributed by atoms with E-state index in [0.717, 1.165) is 29.3 Å². The Hall–Kier alpha value is -2.06. The molecule has 0 saturated carbocycles. The Labute approximate surface area is 135 Å². The van der Waals surface area contributed by atoms with Crippen molar-refractivity contribution in [1.29, 1.82) is 0 Å². The number of aryl methyl sites for hydroxylation is 1. The minimum absolute atomic E-state index is 0.470. The summed E-state index contributed by atoms with van der Waals surface area (Å²) >= 11 is 6.44. The van der Waals surface area contributed by atoms with Crippen LogP contribution < -0.4 is 0 Å². The van der Waals surface area contributed by atoms with Crippen LogP contribution in [-0.2, 0) is 6.42 Å². The van der Waals surface area contributed by atoms with Gasteiger partial charge in [0.05, 0.1) is 11.1 Å². The Morgan fingerprint density at radius 1 is 1.09 bits per heavy atom. The molecule has 0 N–H and O–H groups in total. The second-order valence-electron chi connectivity index (χ2n) is 5.44. The van der Waals surface area contributed by atoms with Crippen LogP contribution in [0.2, 0.25) is 5.15 Å². The van der Waals surface area contributed by atoms with Crippen molar-refractivity contribution in [2.45, 2.75) is 26.2 Å². The van der Waals surface area contributed by atoms with Gasteiger partial charge in [-0.05, 0) is 36.6 Å². The molecule has 0 aliphatic rings. The molecule has 0 atom stereocenters. The highest BCUT2D eigenvalue weighted by Crippen LogP contribution is 2.32. The highest BCUT2D eigenvalue weighted by molar-refractivity contribution is 6.34. The van der Waals surface area contributed by atoms with E-state index in [2.05, 4.69) is 31.2 Å². The van der Waals surface area contributed by atoms with Crippen LogP contribution in [0, 0.1) is 0 Å². The number of aldehydes is 1. The molecule has 22 heavy (non-hydrogen) atoms. The van der Waals surface area contributed by atoms with E-state index in [9.17, 15) is 4.79 Å². The van der Waals surface area contributed by atoms with Gasteiger partial charge in [-0.25, -0.2) is 0 Å². The number of halogens is 1. The first-order valence-electron chi connectivity index (χ1n) is 7.59. The van der Waals surface area contributed by atoms with Gasteiger partial charge in [0.25, 0.3) is 0 Å². The zero-order chi connectivity index (χ0) is 15.5. The van der Waals surface area contributed by atoms with Crippen molar-refractivity contribution in [3.8, 4) is 5.69 Å². The van der Waals surface area contributed by atoms with Crippen LogP contribution in [0.4, 0.5) is 0 Å². The molecule has 3 heteroatoms. The number of hydrogen-bond acceptors (Lipinski definition) is 1. The lowest BCUT2D eigenvalue weighted by Gasteiger charge is -2.08. The standard InChI is InChI=1S/C19H18ClNO/c1-2-3-6-14-9-11-15(12-10-14)21-18-8-5-4-7-16(18)17(13-22)19(21)20/h4-5,7-13H,2-3,6H2,1H3. The predicted octanol–water partition coefficient (Wildman–Crippen LogP) is 5.44. The molecule has 1 aromatic heterocycles.